The van der Waals surface area contributed by atoms with Crippen molar-refractivity contribution in [3.05, 3.63) is 62.0 Å². The summed E-state index contributed by atoms with van der Waals surface area (Å²) in [6.07, 6.45) is 1.18. The molecule has 0 atom stereocenters. The van der Waals surface area contributed by atoms with E-state index in [9.17, 15) is 13.2 Å². The number of ether oxygens (including phenoxy) is 1. The Balaban J connectivity index is 2.61. The molecule has 2 aromatic rings. The van der Waals surface area contributed by atoms with E-state index in [0.717, 1.165) is 11.3 Å². The smallest absolute Gasteiger partial charge is 0.350 e. The van der Waals surface area contributed by atoms with E-state index in [2.05, 4.69) is 10.0 Å². The number of rotatable bonds is 6. The van der Waals surface area contributed by atoms with E-state index in [4.69, 9.17) is 10.3 Å². The molecule has 9 heteroatoms. The minimum absolute atomic E-state index is 0.0220. The molecule has 0 amide bonds. The largest absolute Gasteiger partial charge is 0.462 e. The SMILES string of the molecule is CCOC(=O)/C(=C\c1sccc1N=[N+]=[N-])S(=O)(=O)c1ccccc1. The average Bonchev–Trinajstić information content (AvgIpc) is 3.01. The van der Waals surface area contributed by atoms with Crippen LogP contribution in [0.2, 0.25) is 0 Å². The summed E-state index contributed by atoms with van der Waals surface area (Å²) in [6.45, 7) is 1.62. The number of carbonyl (C=O) groups excluding carboxylic acids is 1. The number of sulfone groups is 1. The number of azide groups is 1. The summed E-state index contributed by atoms with van der Waals surface area (Å²) in [5, 5.41) is 5.11. The van der Waals surface area contributed by atoms with E-state index in [1.807, 2.05) is 0 Å². The first-order chi connectivity index (χ1) is 11.5. The van der Waals surface area contributed by atoms with Crippen molar-refractivity contribution < 1.29 is 17.9 Å². The van der Waals surface area contributed by atoms with Gasteiger partial charge in [0.1, 0.15) is 0 Å². The van der Waals surface area contributed by atoms with Gasteiger partial charge in [-0.1, -0.05) is 23.3 Å². The molecule has 0 aliphatic heterocycles. The number of nitrogens with zero attached hydrogens (tertiary/aromatic N) is 3. The van der Waals surface area contributed by atoms with Crippen molar-refractivity contribution in [3.8, 4) is 0 Å². The molecule has 0 N–H and O–H groups in total. The van der Waals surface area contributed by atoms with Crippen molar-refractivity contribution in [2.45, 2.75) is 11.8 Å². The van der Waals surface area contributed by atoms with Crippen LogP contribution in [0.5, 0.6) is 0 Å². The van der Waals surface area contributed by atoms with Gasteiger partial charge in [0.25, 0.3) is 0 Å². The maximum atomic E-state index is 12.8. The van der Waals surface area contributed by atoms with Gasteiger partial charge in [-0.15, -0.1) is 11.3 Å². The lowest BCUT2D eigenvalue weighted by molar-refractivity contribution is -0.137. The summed E-state index contributed by atoms with van der Waals surface area (Å²) in [7, 11) is -4.07. The molecule has 0 saturated carbocycles. The van der Waals surface area contributed by atoms with Gasteiger partial charge in [-0.2, -0.15) is 0 Å². The minimum Gasteiger partial charge on any atom is -0.462 e. The molecular formula is C15H13N3O4S2. The van der Waals surface area contributed by atoms with Gasteiger partial charge in [0.2, 0.25) is 9.84 Å². The van der Waals surface area contributed by atoms with E-state index in [0.29, 0.717) is 4.88 Å². The highest BCUT2D eigenvalue weighted by Crippen LogP contribution is 2.31. The molecular weight excluding hydrogens is 350 g/mol. The zero-order valence-corrected chi connectivity index (χ0v) is 14.3. The van der Waals surface area contributed by atoms with Crippen molar-refractivity contribution >= 4 is 38.9 Å². The van der Waals surface area contributed by atoms with Gasteiger partial charge in [0.05, 0.1) is 17.2 Å². The second kappa shape index (κ2) is 7.78. The maximum absolute atomic E-state index is 12.8. The zero-order valence-electron chi connectivity index (χ0n) is 12.6. The molecule has 0 saturated heterocycles. The van der Waals surface area contributed by atoms with Gasteiger partial charge in [-0.25, -0.2) is 13.2 Å². The van der Waals surface area contributed by atoms with Gasteiger partial charge < -0.3 is 4.74 Å². The van der Waals surface area contributed by atoms with E-state index in [-0.39, 0.29) is 17.2 Å². The summed E-state index contributed by atoms with van der Waals surface area (Å²) in [6, 6.07) is 9.12. The van der Waals surface area contributed by atoms with E-state index >= 15 is 0 Å². The Hall–Kier alpha value is -2.61. The first-order valence-corrected chi connectivity index (χ1v) is 9.18. The standard InChI is InChI=1S/C15H13N3O4S2/c1-2-22-15(19)14(10-13-12(17-18-16)8-9-23-13)24(20,21)11-6-4-3-5-7-11/h3-10H,2H2,1H3/b14-10+. The van der Waals surface area contributed by atoms with Crippen LogP contribution in [-0.2, 0) is 19.4 Å². The predicted octanol–water partition coefficient (Wildman–Crippen LogP) is 4.07. The summed E-state index contributed by atoms with van der Waals surface area (Å²) in [4.78, 5) is 14.7. The third-order valence-electron chi connectivity index (χ3n) is 2.91. The van der Waals surface area contributed by atoms with Crippen molar-refractivity contribution in [2.24, 2.45) is 5.11 Å². The fourth-order valence-corrected chi connectivity index (χ4v) is 4.00. The van der Waals surface area contributed by atoms with Crippen LogP contribution in [0.15, 0.2) is 56.7 Å². The first kappa shape index (κ1) is 17.7. The average molecular weight is 363 g/mol. The molecule has 7 nitrogen and oxygen atoms in total. The van der Waals surface area contributed by atoms with E-state index < -0.39 is 20.7 Å². The molecule has 0 fully saturated rings. The molecule has 2 rings (SSSR count). The van der Waals surface area contributed by atoms with E-state index in [1.165, 1.54) is 24.3 Å². The molecule has 1 aromatic carbocycles. The Bertz CT molecular complexity index is 911. The maximum Gasteiger partial charge on any atom is 0.350 e. The molecule has 124 valence electrons. The minimum atomic E-state index is -4.07. The highest BCUT2D eigenvalue weighted by atomic mass is 32.2. The van der Waals surface area contributed by atoms with Gasteiger partial charge >= 0.3 is 5.97 Å². The highest BCUT2D eigenvalue weighted by molar-refractivity contribution is 7.96. The molecule has 0 bridgehead atoms. The fraction of sp³-hybridized carbons (Fsp3) is 0.133. The number of thiophene rings is 1. The molecule has 0 aliphatic rings. The molecule has 0 radical (unpaired) electrons. The topological polar surface area (TPSA) is 109 Å². The van der Waals surface area contributed by atoms with Crippen LogP contribution in [0.25, 0.3) is 16.5 Å². The molecule has 1 heterocycles. The highest BCUT2D eigenvalue weighted by Gasteiger charge is 2.28. The Morgan fingerprint density at radius 2 is 2.04 bits per heavy atom. The lowest BCUT2D eigenvalue weighted by Crippen LogP contribution is -2.16. The number of hydrogen-bond donors (Lipinski definition) is 0. The lowest BCUT2D eigenvalue weighted by Gasteiger charge is -2.08. The Morgan fingerprint density at radius 3 is 2.67 bits per heavy atom. The van der Waals surface area contributed by atoms with Crippen LogP contribution in [0.1, 0.15) is 11.8 Å². The lowest BCUT2D eigenvalue weighted by atomic mass is 10.3. The molecule has 1 aromatic heterocycles. The number of benzene rings is 1. The van der Waals surface area contributed by atoms with Crippen LogP contribution >= 0.6 is 11.3 Å². The number of hydrogen-bond acceptors (Lipinski definition) is 6. The molecule has 0 spiro atoms. The van der Waals surface area contributed by atoms with Crippen LogP contribution in [-0.4, -0.2) is 21.0 Å². The van der Waals surface area contributed by atoms with Crippen LogP contribution < -0.4 is 0 Å². The van der Waals surface area contributed by atoms with Gasteiger partial charge in [0, 0.05) is 9.79 Å². The van der Waals surface area contributed by atoms with Crippen molar-refractivity contribution in [2.75, 3.05) is 6.61 Å². The molecule has 0 unspecified atom stereocenters. The van der Waals surface area contributed by atoms with Crippen LogP contribution in [0, 0.1) is 0 Å². The summed E-state index contributed by atoms with van der Waals surface area (Å²) < 4.78 is 30.4. The summed E-state index contributed by atoms with van der Waals surface area (Å²) in [5.41, 5.74) is 8.80. The van der Waals surface area contributed by atoms with Gasteiger partial charge in [0.15, 0.2) is 4.91 Å². The van der Waals surface area contributed by atoms with Crippen LogP contribution in [0.4, 0.5) is 5.69 Å². The van der Waals surface area contributed by atoms with Crippen LogP contribution in [0.3, 0.4) is 0 Å². The second-order valence-corrected chi connectivity index (χ2v) is 7.27. The summed E-state index contributed by atoms with van der Waals surface area (Å²) in [5.74, 6) is -0.957. The fourth-order valence-electron chi connectivity index (χ4n) is 1.85. The van der Waals surface area contributed by atoms with Gasteiger partial charge in [-0.3, -0.25) is 0 Å². The third-order valence-corrected chi connectivity index (χ3v) is 5.52. The Labute approximate surface area is 142 Å². The predicted molar refractivity (Wildman–Crippen MR) is 91.4 cm³/mol. The first-order valence-electron chi connectivity index (χ1n) is 6.82. The molecule has 0 aliphatic carbocycles. The number of carbonyl (C=O) groups is 1. The van der Waals surface area contributed by atoms with Crippen molar-refractivity contribution in [3.63, 3.8) is 0 Å². The van der Waals surface area contributed by atoms with E-state index in [1.54, 1.807) is 30.5 Å². The Kier molecular flexibility index (Phi) is 5.75. The number of esters is 1. The van der Waals surface area contributed by atoms with Crippen molar-refractivity contribution in [1.82, 2.24) is 0 Å². The summed E-state index contributed by atoms with van der Waals surface area (Å²) >= 11 is 1.15. The molecule has 24 heavy (non-hydrogen) atoms. The zero-order chi connectivity index (χ0) is 17.6. The third kappa shape index (κ3) is 3.83. The Morgan fingerprint density at radius 1 is 1.33 bits per heavy atom. The normalized spacial score (nSPS) is 11.6. The van der Waals surface area contributed by atoms with Gasteiger partial charge in [-0.05, 0) is 42.1 Å². The quantitative estimate of drug-likeness (QED) is 0.253. The van der Waals surface area contributed by atoms with Crippen molar-refractivity contribution in [1.29, 1.82) is 0 Å². The second-order valence-electron chi connectivity index (χ2n) is 4.41. The monoisotopic (exact) mass is 363 g/mol.